The van der Waals surface area contributed by atoms with Crippen LogP contribution in [0.3, 0.4) is 0 Å². The van der Waals surface area contributed by atoms with E-state index in [2.05, 4.69) is 10.0 Å². The van der Waals surface area contributed by atoms with Gasteiger partial charge in [0.25, 0.3) is 0 Å². The zero-order valence-corrected chi connectivity index (χ0v) is 18.0. The fraction of sp³-hybridized carbons (Fsp3) is 0.400. The molecule has 0 aliphatic carbocycles. The summed E-state index contributed by atoms with van der Waals surface area (Å²) in [6.07, 6.45) is 0.306. The Morgan fingerprint density at radius 2 is 1.79 bits per heavy atom. The summed E-state index contributed by atoms with van der Waals surface area (Å²) in [6, 6.07) is 8.30. The highest BCUT2D eigenvalue weighted by Gasteiger charge is 2.39. The highest BCUT2D eigenvalue weighted by Crippen LogP contribution is 2.24. The third-order valence-electron chi connectivity index (χ3n) is 4.90. The van der Waals surface area contributed by atoms with Crippen LogP contribution in [0.1, 0.15) is 27.2 Å². The van der Waals surface area contributed by atoms with Crippen molar-refractivity contribution in [3.8, 4) is 0 Å². The molecule has 7 nitrogen and oxygen atoms in total. The van der Waals surface area contributed by atoms with Gasteiger partial charge in [0.1, 0.15) is 12.1 Å². The molecular formula is C20H24ClN3O4S. The van der Waals surface area contributed by atoms with Gasteiger partial charge in [-0.05, 0) is 62.2 Å². The summed E-state index contributed by atoms with van der Waals surface area (Å²) in [5, 5.41) is 4.89. The Bertz CT molecular complexity index is 1050. The van der Waals surface area contributed by atoms with Crippen molar-refractivity contribution in [2.24, 2.45) is 0 Å². The molecule has 2 aromatic carbocycles. The fourth-order valence-electron chi connectivity index (χ4n) is 3.36. The van der Waals surface area contributed by atoms with Gasteiger partial charge < -0.3 is 10.2 Å². The minimum Gasteiger partial charge on any atom is -0.352 e. The minimum absolute atomic E-state index is 0.0419. The van der Waals surface area contributed by atoms with Crippen molar-refractivity contribution < 1.29 is 18.0 Å². The summed E-state index contributed by atoms with van der Waals surface area (Å²) in [4.78, 5) is 26.4. The number of hydrogen-bond donors (Lipinski definition) is 2. The predicted molar refractivity (Wildman–Crippen MR) is 112 cm³/mol. The van der Waals surface area contributed by atoms with Gasteiger partial charge in [-0.2, -0.15) is 4.72 Å². The van der Waals surface area contributed by atoms with Crippen molar-refractivity contribution >= 4 is 44.2 Å². The van der Waals surface area contributed by atoms with Gasteiger partial charge in [0.05, 0.1) is 4.90 Å². The first-order valence-electron chi connectivity index (χ1n) is 9.41. The summed E-state index contributed by atoms with van der Waals surface area (Å²) in [5.74, 6) is -0.655. The van der Waals surface area contributed by atoms with E-state index in [0.717, 1.165) is 10.8 Å². The number of sulfonamides is 1. The van der Waals surface area contributed by atoms with Crippen molar-refractivity contribution in [1.82, 2.24) is 14.9 Å². The van der Waals surface area contributed by atoms with E-state index in [9.17, 15) is 18.0 Å². The van der Waals surface area contributed by atoms with Crippen LogP contribution in [-0.4, -0.2) is 49.8 Å². The lowest BCUT2D eigenvalue weighted by atomic mass is 10.1. The zero-order chi connectivity index (χ0) is 21.3. The molecule has 1 fully saturated rings. The highest BCUT2D eigenvalue weighted by molar-refractivity contribution is 7.89. The maximum atomic E-state index is 12.8. The molecule has 0 aromatic heterocycles. The SMILES string of the molecule is CC(C)NC(=O)[C@H](C)N1CC[C@H](NS(=O)(=O)c2ccc3cc(Cl)ccc3c2)C1=O. The number of nitrogens with zero attached hydrogens (tertiary/aromatic N) is 1. The van der Waals surface area contributed by atoms with Gasteiger partial charge in [-0.1, -0.05) is 23.7 Å². The summed E-state index contributed by atoms with van der Waals surface area (Å²) in [7, 11) is -3.90. The summed E-state index contributed by atoms with van der Waals surface area (Å²) < 4.78 is 28.1. The smallest absolute Gasteiger partial charge is 0.242 e. The zero-order valence-electron chi connectivity index (χ0n) is 16.5. The molecule has 1 heterocycles. The molecule has 2 N–H and O–H groups in total. The van der Waals surface area contributed by atoms with Gasteiger partial charge in [-0.15, -0.1) is 0 Å². The maximum Gasteiger partial charge on any atom is 0.242 e. The van der Waals surface area contributed by atoms with Gasteiger partial charge in [-0.3, -0.25) is 9.59 Å². The van der Waals surface area contributed by atoms with Gasteiger partial charge in [-0.25, -0.2) is 8.42 Å². The highest BCUT2D eigenvalue weighted by atomic mass is 35.5. The van der Waals surface area contributed by atoms with Crippen molar-refractivity contribution in [2.75, 3.05) is 6.54 Å². The molecule has 156 valence electrons. The maximum absolute atomic E-state index is 12.8. The average molecular weight is 438 g/mol. The lowest BCUT2D eigenvalue weighted by molar-refractivity contribution is -0.137. The quantitative estimate of drug-likeness (QED) is 0.724. The van der Waals surface area contributed by atoms with Crippen LogP contribution in [0.25, 0.3) is 10.8 Å². The molecule has 0 radical (unpaired) electrons. The molecule has 0 unspecified atom stereocenters. The molecular weight excluding hydrogens is 414 g/mol. The van der Waals surface area contributed by atoms with Gasteiger partial charge in [0, 0.05) is 17.6 Å². The molecule has 0 bridgehead atoms. The number of hydrogen-bond acceptors (Lipinski definition) is 4. The Morgan fingerprint density at radius 1 is 1.14 bits per heavy atom. The number of nitrogens with one attached hydrogen (secondary N) is 2. The van der Waals surface area contributed by atoms with Crippen molar-refractivity contribution in [2.45, 2.75) is 50.2 Å². The number of carbonyl (C=O) groups is 2. The average Bonchev–Trinajstić information content (AvgIpc) is 2.99. The molecule has 0 spiro atoms. The lowest BCUT2D eigenvalue weighted by Gasteiger charge is -2.25. The molecule has 29 heavy (non-hydrogen) atoms. The third-order valence-corrected chi connectivity index (χ3v) is 6.60. The molecule has 1 aliphatic heterocycles. The normalized spacial score (nSPS) is 18.4. The number of fused-ring (bicyclic) bond motifs is 1. The van der Waals surface area contributed by atoms with E-state index < -0.39 is 28.0 Å². The van der Waals surface area contributed by atoms with E-state index in [0.29, 0.717) is 18.0 Å². The van der Waals surface area contributed by atoms with Crippen LogP contribution >= 0.6 is 11.6 Å². The van der Waals surface area contributed by atoms with Crippen LogP contribution in [0.4, 0.5) is 0 Å². The Morgan fingerprint density at radius 3 is 2.48 bits per heavy atom. The molecule has 1 aliphatic rings. The van der Waals surface area contributed by atoms with E-state index in [1.807, 2.05) is 13.8 Å². The van der Waals surface area contributed by atoms with Crippen LogP contribution in [0, 0.1) is 0 Å². The topological polar surface area (TPSA) is 95.6 Å². The van der Waals surface area contributed by atoms with Gasteiger partial charge in [0.2, 0.25) is 21.8 Å². The van der Waals surface area contributed by atoms with Gasteiger partial charge >= 0.3 is 0 Å². The molecule has 0 saturated carbocycles. The van der Waals surface area contributed by atoms with Crippen LogP contribution in [-0.2, 0) is 19.6 Å². The van der Waals surface area contributed by atoms with Crippen molar-refractivity contribution in [1.29, 1.82) is 0 Å². The molecule has 2 atom stereocenters. The number of carbonyl (C=O) groups excluding carboxylic acids is 2. The lowest BCUT2D eigenvalue weighted by Crippen LogP contribution is -2.50. The predicted octanol–water partition coefficient (Wildman–Crippen LogP) is 2.29. The summed E-state index contributed by atoms with van der Waals surface area (Å²) in [5.41, 5.74) is 0. The van der Waals surface area contributed by atoms with Gasteiger partial charge in [0.15, 0.2) is 0 Å². The second kappa shape index (κ2) is 8.30. The number of benzene rings is 2. The van der Waals surface area contributed by atoms with Crippen molar-refractivity contribution in [3.63, 3.8) is 0 Å². The van der Waals surface area contributed by atoms with Crippen LogP contribution in [0.5, 0.6) is 0 Å². The first-order valence-corrected chi connectivity index (χ1v) is 11.3. The van der Waals surface area contributed by atoms with E-state index in [4.69, 9.17) is 11.6 Å². The first kappa shape index (κ1) is 21.5. The fourth-order valence-corrected chi connectivity index (χ4v) is 4.80. The largest absolute Gasteiger partial charge is 0.352 e. The Kier molecular flexibility index (Phi) is 6.16. The number of rotatable bonds is 6. The monoisotopic (exact) mass is 437 g/mol. The van der Waals surface area contributed by atoms with E-state index in [-0.39, 0.29) is 16.8 Å². The van der Waals surface area contributed by atoms with Crippen LogP contribution < -0.4 is 10.0 Å². The Hall–Kier alpha value is -2.16. The minimum atomic E-state index is -3.90. The van der Waals surface area contributed by atoms with E-state index in [1.54, 1.807) is 37.3 Å². The Labute approximate surface area is 175 Å². The van der Waals surface area contributed by atoms with Crippen LogP contribution in [0.2, 0.25) is 5.02 Å². The number of halogens is 1. The Balaban J connectivity index is 1.75. The van der Waals surface area contributed by atoms with E-state index in [1.165, 1.54) is 11.0 Å². The van der Waals surface area contributed by atoms with Crippen molar-refractivity contribution in [3.05, 3.63) is 41.4 Å². The number of amides is 2. The molecule has 2 amide bonds. The van der Waals surface area contributed by atoms with E-state index >= 15 is 0 Å². The number of likely N-dealkylation sites (tertiary alicyclic amines) is 1. The summed E-state index contributed by atoms with van der Waals surface area (Å²) >= 11 is 5.97. The molecule has 2 aromatic rings. The molecule has 1 saturated heterocycles. The summed E-state index contributed by atoms with van der Waals surface area (Å²) in [6.45, 7) is 5.63. The second-order valence-electron chi connectivity index (χ2n) is 7.49. The molecule has 9 heteroatoms. The van der Waals surface area contributed by atoms with Crippen LogP contribution in [0.15, 0.2) is 41.3 Å². The second-order valence-corrected chi connectivity index (χ2v) is 9.64. The standard InChI is InChI=1S/C20H24ClN3O4S/c1-12(2)22-19(25)13(3)24-9-8-18(20(24)26)23-29(27,28)17-7-5-14-10-16(21)6-4-15(14)11-17/h4-7,10-13,18,23H,8-9H2,1-3H3,(H,22,25)/t13-,18-/m0/s1. The molecule has 3 rings (SSSR count). The third kappa shape index (κ3) is 4.71. The first-order chi connectivity index (χ1) is 13.6.